The highest BCUT2D eigenvalue weighted by molar-refractivity contribution is 6.06. The van der Waals surface area contributed by atoms with Gasteiger partial charge in [-0.1, -0.05) is 48.5 Å². The molecule has 2 aliphatic heterocycles. The molecular weight excluding hydrogens is 342 g/mol. The largest absolute Gasteiger partial charge is 0.350 e. The van der Waals surface area contributed by atoms with E-state index in [0.717, 1.165) is 5.56 Å². The zero-order chi connectivity index (χ0) is 18.8. The second-order valence-electron chi connectivity index (χ2n) is 6.93. The Bertz CT molecular complexity index is 853. The van der Waals surface area contributed by atoms with Crippen LogP contribution >= 0.6 is 0 Å². The van der Waals surface area contributed by atoms with E-state index in [1.807, 2.05) is 36.4 Å². The standard InChI is InChI=1S/C21H21N3O3/c25-19(22-13-15-7-3-1-4-8-15)18-12-11-17-14-23(18)21(27)24(17)20(26)16-9-5-2-6-10-16/h1-10,17-18H,11-14H2,(H,22,25)/t17-,18+/m0/s1. The van der Waals surface area contributed by atoms with E-state index in [1.165, 1.54) is 9.80 Å². The van der Waals surface area contributed by atoms with Gasteiger partial charge in [-0.3, -0.25) is 14.5 Å². The Morgan fingerprint density at radius 2 is 1.63 bits per heavy atom. The lowest BCUT2D eigenvalue weighted by atomic mass is 9.99. The molecule has 0 radical (unpaired) electrons. The molecular formula is C21H21N3O3. The minimum Gasteiger partial charge on any atom is -0.350 e. The summed E-state index contributed by atoms with van der Waals surface area (Å²) in [5.41, 5.74) is 1.50. The van der Waals surface area contributed by atoms with E-state index in [-0.39, 0.29) is 23.9 Å². The van der Waals surface area contributed by atoms with E-state index in [9.17, 15) is 14.4 Å². The van der Waals surface area contributed by atoms with E-state index < -0.39 is 6.04 Å². The van der Waals surface area contributed by atoms with Crippen LogP contribution in [-0.2, 0) is 11.3 Å². The van der Waals surface area contributed by atoms with Crippen molar-refractivity contribution < 1.29 is 14.4 Å². The summed E-state index contributed by atoms with van der Waals surface area (Å²) in [5.74, 6) is -0.460. The van der Waals surface area contributed by atoms with Crippen LogP contribution in [0, 0.1) is 0 Å². The molecule has 138 valence electrons. The predicted molar refractivity (Wildman–Crippen MR) is 99.8 cm³/mol. The van der Waals surface area contributed by atoms with Crippen molar-refractivity contribution in [1.82, 2.24) is 15.1 Å². The number of piperidine rings is 1. The molecule has 2 atom stereocenters. The van der Waals surface area contributed by atoms with Gasteiger partial charge in [-0.15, -0.1) is 0 Å². The molecule has 6 heteroatoms. The lowest BCUT2D eigenvalue weighted by Gasteiger charge is -2.29. The highest BCUT2D eigenvalue weighted by Gasteiger charge is 2.49. The van der Waals surface area contributed by atoms with Gasteiger partial charge in [0.25, 0.3) is 5.91 Å². The number of carbonyl (C=O) groups is 3. The maximum absolute atomic E-state index is 12.8. The number of imide groups is 1. The molecule has 2 heterocycles. The molecule has 0 saturated carbocycles. The van der Waals surface area contributed by atoms with Crippen LogP contribution in [0.3, 0.4) is 0 Å². The zero-order valence-corrected chi connectivity index (χ0v) is 14.9. The van der Waals surface area contributed by atoms with Crippen LogP contribution in [0.15, 0.2) is 60.7 Å². The molecule has 0 spiro atoms. The summed E-state index contributed by atoms with van der Waals surface area (Å²) in [7, 11) is 0. The normalized spacial score (nSPS) is 21.3. The quantitative estimate of drug-likeness (QED) is 0.907. The van der Waals surface area contributed by atoms with Crippen LogP contribution < -0.4 is 5.32 Å². The second kappa shape index (κ2) is 7.23. The minimum atomic E-state index is -0.522. The molecule has 2 aromatic rings. The van der Waals surface area contributed by atoms with Crippen molar-refractivity contribution in [2.75, 3.05) is 6.54 Å². The first-order chi connectivity index (χ1) is 13.1. The van der Waals surface area contributed by atoms with Crippen molar-refractivity contribution in [3.05, 3.63) is 71.8 Å². The van der Waals surface area contributed by atoms with Gasteiger partial charge in [-0.2, -0.15) is 0 Å². The third-order valence-corrected chi connectivity index (χ3v) is 5.23. The molecule has 2 aromatic carbocycles. The van der Waals surface area contributed by atoms with E-state index >= 15 is 0 Å². The molecule has 0 unspecified atom stereocenters. The fraction of sp³-hybridized carbons (Fsp3) is 0.286. The summed E-state index contributed by atoms with van der Waals surface area (Å²) < 4.78 is 0. The molecule has 1 N–H and O–H groups in total. The number of fused-ring (bicyclic) bond motifs is 2. The maximum Gasteiger partial charge on any atom is 0.328 e. The SMILES string of the molecule is O=C(NCc1ccccc1)[C@H]1CC[C@H]2CN1C(=O)N2C(=O)c1ccccc1. The molecule has 2 aliphatic rings. The van der Waals surface area contributed by atoms with E-state index in [1.54, 1.807) is 24.3 Å². The lowest BCUT2D eigenvalue weighted by Crippen LogP contribution is -2.49. The molecule has 2 bridgehead atoms. The third-order valence-electron chi connectivity index (χ3n) is 5.23. The van der Waals surface area contributed by atoms with Crippen molar-refractivity contribution in [2.24, 2.45) is 0 Å². The summed E-state index contributed by atoms with van der Waals surface area (Å²) in [6, 6.07) is 17.4. The summed E-state index contributed by atoms with van der Waals surface area (Å²) >= 11 is 0. The van der Waals surface area contributed by atoms with Crippen LogP contribution in [0.5, 0.6) is 0 Å². The number of nitrogens with zero attached hydrogens (tertiary/aromatic N) is 2. The van der Waals surface area contributed by atoms with Gasteiger partial charge in [0.1, 0.15) is 6.04 Å². The monoisotopic (exact) mass is 363 g/mol. The van der Waals surface area contributed by atoms with Crippen molar-refractivity contribution >= 4 is 17.8 Å². The highest BCUT2D eigenvalue weighted by Crippen LogP contribution is 2.31. The smallest absolute Gasteiger partial charge is 0.328 e. The van der Waals surface area contributed by atoms with Gasteiger partial charge in [0.05, 0.1) is 6.04 Å². The molecule has 4 amide bonds. The van der Waals surface area contributed by atoms with Crippen molar-refractivity contribution in [3.8, 4) is 0 Å². The van der Waals surface area contributed by atoms with Crippen LogP contribution in [0.2, 0.25) is 0 Å². The molecule has 0 aromatic heterocycles. The van der Waals surface area contributed by atoms with E-state index in [2.05, 4.69) is 5.32 Å². The van der Waals surface area contributed by atoms with Gasteiger partial charge >= 0.3 is 6.03 Å². The Hall–Kier alpha value is -3.15. The number of hydrogen-bond donors (Lipinski definition) is 1. The first-order valence-electron chi connectivity index (χ1n) is 9.16. The number of benzene rings is 2. The number of rotatable bonds is 4. The van der Waals surface area contributed by atoms with Gasteiger partial charge in [-0.05, 0) is 30.5 Å². The van der Waals surface area contributed by atoms with E-state index in [0.29, 0.717) is 31.5 Å². The van der Waals surface area contributed by atoms with Gasteiger partial charge in [-0.25, -0.2) is 4.79 Å². The Balaban J connectivity index is 1.44. The fourth-order valence-electron chi connectivity index (χ4n) is 3.82. The number of hydrogen-bond acceptors (Lipinski definition) is 3. The minimum absolute atomic E-state index is 0.164. The van der Waals surface area contributed by atoms with Crippen molar-refractivity contribution in [3.63, 3.8) is 0 Å². The summed E-state index contributed by atoms with van der Waals surface area (Å²) in [4.78, 5) is 41.1. The van der Waals surface area contributed by atoms with Crippen LogP contribution in [0.1, 0.15) is 28.8 Å². The topological polar surface area (TPSA) is 69.7 Å². The summed E-state index contributed by atoms with van der Waals surface area (Å²) in [6.07, 6.45) is 1.21. The molecule has 0 aliphatic carbocycles. The molecule has 2 fully saturated rings. The zero-order valence-electron chi connectivity index (χ0n) is 14.9. The number of nitrogens with one attached hydrogen (secondary N) is 1. The van der Waals surface area contributed by atoms with Crippen molar-refractivity contribution in [2.45, 2.75) is 31.5 Å². The Labute approximate surface area is 157 Å². The van der Waals surface area contributed by atoms with Gasteiger partial charge in [0.2, 0.25) is 5.91 Å². The lowest BCUT2D eigenvalue weighted by molar-refractivity contribution is -0.126. The average molecular weight is 363 g/mol. The first kappa shape index (κ1) is 17.3. The van der Waals surface area contributed by atoms with E-state index in [4.69, 9.17) is 0 Å². The van der Waals surface area contributed by atoms with Gasteiger partial charge < -0.3 is 10.2 Å². The van der Waals surface area contributed by atoms with Crippen LogP contribution in [0.25, 0.3) is 0 Å². The number of amides is 4. The number of urea groups is 1. The third kappa shape index (κ3) is 3.30. The molecule has 6 nitrogen and oxygen atoms in total. The molecule has 27 heavy (non-hydrogen) atoms. The van der Waals surface area contributed by atoms with Crippen molar-refractivity contribution in [1.29, 1.82) is 0 Å². The first-order valence-corrected chi connectivity index (χ1v) is 9.16. The van der Waals surface area contributed by atoms with Crippen LogP contribution in [0.4, 0.5) is 4.79 Å². The second-order valence-corrected chi connectivity index (χ2v) is 6.93. The molecule has 2 saturated heterocycles. The average Bonchev–Trinajstić information content (AvgIpc) is 2.97. The van der Waals surface area contributed by atoms with Gasteiger partial charge in [0, 0.05) is 18.7 Å². The number of carbonyl (C=O) groups excluding carboxylic acids is 3. The maximum atomic E-state index is 12.8. The van der Waals surface area contributed by atoms with Crippen LogP contribution in [-0.4, -0.2) is 46.3 Å². The highest BCUT2D eigenvalue weighted by atomic mass is 16.2. The Kier molecular flexibility index (Phi) is 4.62. The Morgan fingerprint density at radius 3 is 2.33 bits per heavy atom. The summed E-state index contributed by atoms with van der Waals surface area (Å²) in [6.45, 7) is 0.842. The molecule has 4 rings (SSSR count). The Morgan fingerprint density at radius 1 is 0.963 bits per heavy atom. The van der Waals surface area contributed by atoms with Gasteiger partial charge in [0.15, 0.2) is 0 Å². The predicted octanol–water partition coefficient (Wildman–Crippen LogP) is 2.41. The fourth-order valence-corrected chi connectivity index (χ4v) is 3.82. The summed E-state index contributed by atoms with van der Waals surface area (Å²) in [5, 5.41) is 2.91.